The molecular weight excluding hydrogens is 146 g/mol. The Morgan fingerprint density at radius 3 is 3.27 bits per heavy atom. The van der Waals surface area contributed by atoms with Crippen LogP contribution in [0, 0.1) is 0 Å². The van der Waals surface area contributed by atoms with Gasteiger partial charge in [-0.2, -0.15) is 0 Å². The molecular formula is C5H5N5O. The molecule has 0 saturated heterocycles. The Kier molecular flexibility index (Phi) is 1.12. The van der Waals surface area contributed by atoms with Gasteiger partial charge in [0.2, 0.25) is 0 Å². The highest BCUT2D eigenvalue weighted by Gasteiger charge is 2.07. The third-order valence-corrected chi connectivity index (χ3v) is 1.28. The number of hydrogen-bond donors (Lipinski definition) is 2. The molecule has 0 fully saturated rings. The Balaban J connectivity index is 2.43. The third-order valence-electron chi connectivity index (χ3n) is 1.28. The molecule has 0 amide bonds. The second kappa shape index (κ2) is 2.08. The van der Waals surface area contributed by atoms with Gasteiger partial charge in [-0.3, -0.25) is 5.43 Å². The minimum atomic E-state index is 0.546. The molecule has 1 aromatic heterocycles. The van der Waals surface area contributed by atoms with Gasteiger partial charge in [-0.25, -0.2) is 0 Å². The van der Waals surface area contributed by atoms with E-state index in [0.29, 0.717) is 11.5 Å². The molecule has 0 aliphatic carbocycles. The third kappa shape index (κ3) is 0.841. The quantitative estimate of drug-likeness (QED) is 0.495. The van der Waals surface area contributed by atoms with E-state index in [1.54, 1.807) is 12.2 Å². The maximum absolute atomic E-state index is 8.60. The topological polar surface area (TPSA) is 75.9 Å². The van der Waals surface area contributed by atoms with Crippen LogP contribution in [0.4, 0.5) is 0 Å². The monoisotopic (exact) mass is 151 g/mol. The zero-order valence-corrected chi connectivity index (χ0v) is 5.47. The zero-order valence-electron chi connectivity index (χ0n) is 5.47. The summed E-state index contributed by atoms with van der Waals surface area (Å²) < 4.78 is 0. The Labute approximate surface area is 61.8 Å². The summed E-state index contributed by atoms with van der Waals surface area (Å²) in [6.45, 7) is 0. The van der Waals surface area contributed by atoms with Crippen LogP contribution in [0.3, 0.4) is 0 Å². The second-order valence-corrected chi connectivity index (χ2v) is 1.98. The van der Waals surface area contributed by atoms with E-state index in [1.807, 2.05) is 0 Å². The molecule has 1 aromatic rings. The van der Waals surface area contributed by atoms with Crippen molar-refractivity contribution < 1.29 is 5.11 Å². The standard InChI is InChI=1S/C5H5N5O/c11-3-4-1-2-5-6-8-9-10(5)7-4/h1-3,7,11H/b4-3-. The minimum absolute atomic E-state index is 0.546. The SMILES string of the molecule is O/C=C1/C=Cc2nnnn2N1. The molecule has 6 heteroatoms. The van der Waals surface area contributed by atoms with E-state index >= 15 is 0 Å². The first-order valence-electron chi connectivity index (χ1n) is 2.98. The molecule has 2 heterocycles. The minimum Gasteiger partial charge on any atom is -0.513 e. The zero-order chi connectivity index (χ0) is 7.68. The van der Waals surface area contributed by atoms with Crippen molar-refractivity contribution in [1.82, 2.24) is 20.3 Å². The van der Waals surface area contributed by atoms with Crippen LogP contribution in [0.5, 0.6) is 0 Å². The van der Waals surface area contributed by atoms with Crippen molar-refractivity contribution in [3.05, 3.63) is 23.9 Å². The van der Waals surface area contributed by atoms with Gasteiger partial charge < -0.3 is 5.11 Å². The number of fused-ring (bicyclic) bond motifs is 1. The molecule has 0 unspecified atom stereocenters. The number of rotatable bonds is 0. The summed E-state index contributed by atoms with van der Waals surface area (Å²) in [6, 6.07) is 0. The summed E-state index contributed by atoms with van der Waals surface area (Å²) in [6.07, 6.45) is 4.31. The Morgan fingerprint density at radius 2 is 2.45 bits per heavy atom. The van der Waals surface area contributed by atoms with Crippen LogP contribution >= 0.6 is 0 Å². The largest absolute Gasteiger partial charge is 0.513 e. The average Bonchev–Trinajstić information content (AvgIpc) is 2.50. The lowest BCUT2D eigenvalue weighted by molar-refractivity contribution is 0.467. The summed E-state index contributed by atoms with van der Waals surface area (Å²) in [5, 5.41) is 19.3. The fraction of sp³-hybridized carbons (Fsp3) is 0. The van der Waals surface area contributed by atoms with Crippen molar-refractivity contribution in [2.24, 2.45) is 0 Å². The smallest absolute Gasteiger partial charge is 0.197 e. The molecule has 0 saturated carbocycles. The van der Waals surface area contributed by atoms with E-state index in [2.05, 4.69) is 21.0 Å². The lowest BCUT2D eigenvalue weighted by atomic mass is 10.4. The van der Waals surface area contributed by atoms with Gasteiger partial charge in [-0.05, 0) is 22.6 Å². The van der Waals surface area contributed by atoms with Crippen molar-refractivity contribution in [2.75, 3.05) is 5.43 Å². The van der Waals surface area contributed by atoms with Crippen molar-refractivity contribution >= 4 is 6.08 Å². The van der Waals surface area contributed by atoms with E-state index in [9.17, 15) is 0 Å². The Bertz CT molecular complexity index is 325. The van der Waals surface area contributed by atoms with Crippen LogP contribution in [-0.2, 0) is 0 Å². The maximum atomic E-state index is 8.60. The highest BCUT2D eigenvalue weighted by atomic mass is 16.2. The van der Waals surface area contributed by atoms with Crippen LogP contribution in [0.25, 0.3) is 6.08 Å². The molecule has 56 valence electrons. The highest BCUT2D eigenvalue weighted by molar-refractivity contribution is 5.50. The van der Waals surface area contributed by atoms with E-state index in [0.717, 1.165) is 6.26 Å². The molecule has 11 heavy (non-hydrogen) atoms. The average molecular weight is 151 g/mol. The first-order chi connectivity index (χ1) is 5.40. The van der Waals surface area contributed by atoms with Gasteiger partial charge in [-0.15, -0.1) is 9.89 Å². The maximum Gasteiger partial charge on any atom is 0.197 e. The van der Waals surface area contributed by atoms with Gasteiger partial charge in [0.15, 0.2) is 5.82 Å². The van der Waals surface area contributed by atoms with Gasteiger partial charge >= 0.3 is 0 Å². The first kappa shape index (κ1) is 5.90. The number of allylic oxidation sites excluding steroid dienone is 1. The number of aliphatic hydroxyl groups is 1. The summed E-state index contributed by atoms with van der Waals surface area (Å²) in [4.78, 5) is 1.36. The molecule has 0 atom stereocenters. The number of tetrazole rings is 1. The van der Waals surface area contributed by atoms with Crippen molar-refractivity contribution in [3.8, 4) is 0 Å². The molecule has 1 aliphatic rings. The summed E-state index contributed by atoms with van der Waals surface area (Å²) >= 11 is 0. The van der Waals surface area contributed by atoms with Crippen molar-refractivity contribution in [1.29, 1.82) is 0 Å². The Morgan fingerprint density at radius 1 is 1.55 bits per heavy atom. The van der Waals surface area contributed by atoms with Gasteiger partial charge in [0, 0.05) is 0 Å². The highest BCUT2D eigenvalue weighted by Crippen LogP contribution is 2.05. The van der Waals surface area contributed by atoms with Crippen LogP contribution in [-0.4, -0.2) is 25.4 Å². The first-order valence-corrected chi connectivity index (χ1v) is 2.98. The molecule has 2 N–H and O–H groups in total. The summed E-state index contributed by atoms with van der Waals surface area (Å²) in [5.41, 5.74) is 3.28. The van der Waals surface area contributed by atoms with E-state index in [4.69, 9.17) is 5.11 Å². The fourth-order valence-corrected chi connectivity index (χ4v) is 0.773. The van der Waals surface area contributed by atoms with Crippen LogP contribution < -0.4 is 5.43 Å². The molecule has 0 bridgehead atoms. The molecule has 0 aromatic carbocycles. The molecule has 0 radical (unpaired) electrons. The normalized spacial score (nSPS) is 18.0. The Hall–Kier alpha value is -1.85. The van der Waals surface area contributed by atoms with Crippen LogP contribution in [0.2, 0.25) is 0 Å². The number of nitrogens with one attached hydrogen (secondary N) is 1. The van der Waals surface area contributed by atoms with E-state index in [1.165, 1.54) is 4.79 Å². The number of aromatic nitrogens is 4. The van der Waals surface area contributed by atoms with Crippen molar-refractivity contribution in [2.45, 2.75) is 0 Å². The summed E-state index contributed by atoms with van der Waals surface area (Å²) in [5.74, 6) is 0.607. The predicted molar refractivity (Wildman–Crippen MR) is 36.9 cm³/mol. The predicted octanol–water partition coefficient (Wildman–Crippen LogP) is -0.357. The van der Waals surface area contributed by atoms with E-state index < -0.39 is 0 Å². The van der Waals surface area contributed by atoms with Gasteiger partial charge in [0.05, 0.1) is 5.70 Å². The molecule has 6 nitrogen and oxygen atoms in total. The number of hydrogen-bond acceptors (Lipinski definition) is 5. The fourth-order valence-electron chi connectivity index (χ4n) is 0.773. The van der Waals surface area contributed by atoms with E-state index in [-0.39, 0.29) is 0 Å². The lowest BCUT2D eigenvalue weighted by Crippen LogP contribution is -2.19. The van der Waals surface area contributed by atoms with Crippen molar-refractivity contribution in [3.63, 3.8) is 0 Å². The number of aliphatic hydroxyl groups excluding tert-OH is 1. The molecule has 0 spiro atoms. The van der Waals surface area contributed by atoms with Gasteiger partial charge in [0.1, 0.15) is 6.26 Å². The van der Waals surface area contributed by atoms with Gasteiger partial charge in [0.25, 0.3) is 0 Å². The van der Waals surface area contributed by atoms with Gasteiger partial charge in [-0.1, -0.05) is 0 Å². The van der Waals surface area contributed by atoms with Crippen LogP contribution in [0.1, 0.15) is 5.82 Å². The number of nitrogens with zero attached hydrogens (tertiary/aromatic N) is 4. The van der Waals surface area contributed by atoms with Crippen LogP contribution in [0.15, 0.2) is 18.0 Å². The molecule has 2 rings (SSSR count). The molecule has 1 aliphatic heterocycles. The second-order valence-electron chi connectivity index (χ2n) is 1.98. The lowest BCUT2D eigenvalue weighted by Gasteiger charge is -2.09. The summed E-state index contributed by atoms with van der Waals surface area (Å²) in [7, 11) is 0.